The highest BCUT2D eigenvalue weighted by atomic mass is 35.5. The van der Waals surface area contributed by atoms with E-state index in [1.165, 1.54) is 6.07 Å². The Hall–Kier alpha value is -0.640. The average molecular weight is 285 g/mol. The molecule has 0 saturated carbocycles. The summed E-state index contributed by atoms with van der Waals surface area (Å²) in [5.74, 6) is -0.240. The maximum absolute atomic E-state index is 14.2. The molecule has 1 aromatic carbocycles. The Morgan fingerprint density at radius 1 is 1.42 bits per heavy atom. The molecule has 0 amide bonds. The van der Waals surface area contributed by atoms with Crippen LogP contribution in [0.3, 0.4) is 0 Å². The molecule has 4 heteroatoms. The highest BCUT2D eigenvalue weighted by Crippen LogP contribution is 2.32. The van der Waals surface area contributed by atoms with Crippen LogP contribution in [0.4, 0.5) is 4.39 Å². The minimum Gasteiger partial charge on any atom is -0.326 e. The second kappa shape index (κ2) is 6.69. The highest BCUT2D eigenvalue weighted by Gasteiger charge is 2.30. The molecule has 1 aromatic rings. The first-order valence-electron chi connectivity index (χ1n) is 7.08. The van der Waals surface area contributed by atoms with Crippen molar-refractivity contribution in [1.29, 1.82) is 0 Å². The van der Waals surface area contributed by atoms with Crippen molar-refractivity contribution < 1.29 is 4.39 Å². The Balaban J connectivity index is 2.34. The number of nitrogens with zero attached hydrogens (tertiary/aromatic N) is 1. The van der Waals surface area contributed by atoms with Crippen LogP contribution in [-0.4, -0.2) is 24.0 Å². The van der Waals surface area contributed by atoms with Crippen molar-refractivity contribution in [3.8, 4) is 0 Å². The van der Waals surface area contributed by atoms with Gasteiger partial charge in [-0.1, -0.05) is 31.0 Å². The molecular weight excluding hydrogens is 263 g/mol. The predicted molar refractivity (Wildman–Crippen MR) is 77.8 cm³/mol. The molecular formula is C15H22ClFN2. The molecule has 0 spiro atoms. The van der Waals surface area contributed by atoms with Gasteiger partial charge in [0.1, 0.15) is 5.82 Å². The fourth-order valence-corrected chi connectivity index (χ4v) is 3.13. The quantitative estimate of drug-likeness (QED) is 0.916. The third-order valence-corrected chi connectivity index (χ3v) is 4.06. The van der Waals surface area contributed by atoms with E-state index in [0.717, 1.165) is 38.8 Å². The summed E-state index contributed by atoms with van der Waals surface area (Å²) < 4.78 is 14.2. The number of hydrogen-bond acceptors (Lipinski definition) is 2. The van der Waals surface area contributed by atoms with Crippen LogP contribution in [0.25, 0.3) is 0 Å². The molecule has 1 fully saturated rings. The number of benzene rings is 1. The van der Waals surface area contributed by atoms with Gasteiger partial charge in [0.2, 0.25) is 0 Å². The summed E-state index contributed by atoms with van der Waals surface area (Å²) in [6.07, 6.45) is 4.26. The van der Waals surface area contributed by atoms with Crippen LogP contribution in [0.2, 0.25) is 5.02 Å². The van der Waals surface area contributed by atoms with Crippen LogP contribution < -0.4 is 5.73 Å². The molecule has 1 heterocycles. The van der Waals surface area contributed by atoms with Crippen molar-refractivity contribution in [1.82, 2.24) is 4.90 Å². The van der Waals surface area contributed by atoms with Crippen LogP contribution in [-0.2, 0) is 0 Å². The van der Waals surface area contributed by atoms with E-state index >= 15 is 0 Å². The molecule has 0 aliphatic carbocycles. The zero-order valence-electron chi connectivity index (χ0n) is 11.4. The molecule has 2 rings (SSSR count). The number of nitrogens with two attached hydrogens (primary N) is 1. The van der Waals surface area contributed by atoms with Gasteiger partial charge in [-0.3, -0.25) is 4.90 Å². The van der Waals surface area contributed by atoms with Gasteiger partial charge in [-0.2, -0.15) is 0 Å². The third kappa shape index (κ3) is 3.47. The van der Waals surface area contributed by atoms with E-state index in [0.29, 0.717) is 10.6 Å². The lowest BCUT2D eigenvalue weighted by atomic mass is 9.95. The van der Waals surface area contributed by atoms with Gasteiger partial charge in [0, 0.05) is 16.6 Å². The number of likely N-dealkylation sites (tertiary alicyclic amines) is 1. The Kier molecular flexibility index (Phi) is 5.20. The van der Waals surface area contributed by atoms with Gasteiger partial charge in [-0.15, -0.1) is 0 Å². The number of rotatable bonds is 3. The number of halogens is 2. The molecule has 106 valence electrons. The fourth-order valence-electron chi connectivity index (χ4n) is 2.97. The standard InChI is InChI=1S/C15H22ClFN2/c1-2-8-19-9-4-3-5-14(18)15(19)12-7-6-11(16)10-13(12)17/h6-7,10,14-15H,2-5,8-9,18H2,1H3. The summed E-state index contributed by atoms with van der Waals surface area (Å²) in [5.41, 5.74) is 6.98. The summed E-state index contributed by atoms with van der Waals surface area (Å²) in [6, 6.07) is 4.89. The van der Waals surface area contributed by atoms with Crippen molar-refractivity contribution in [2.75, 3.05) is 13.1 Å². The van der Waals surface area contributed by atoms with Crippen LogP contribution >= 0.6 is 11.6 Å². The second-order valence-electron chi connectivity index (χ2n) is 5.31. The molecule has 0 radical (unpaired) electrons. The van der Waals surface area contributed by atoms with Gasteiger partial charge in [0.25, 0.3) is 0 Å². The molecule has 19 heavy (non-hydrogen) atoms. The van der Waals surface area contributed by atoms with Crippen LogP contribution in [0.1, 0.15) is 44.2 Å². The van der Waals surface area contributed by atoms with Crippen molar-refractivity contribution >= 4 is 11.6 Å². The lowest BCUT2D eigenvalue weighted by Crippen LogP contribution is -2.40. The van der Waals surface area contributed by atoms with E-state index in [9.17, 15) is 4.39 Å². The molecule has 0 bridgehead atoms. The van der Waals surface area contributed by atoms with Crippen molar-refractivity contribution in [2.24, 2.45) is 5.73 Å². The zero-order chi connectivity index (χ0) is 13.8. The van der Waals surface area contributed by atoms with Gasteiger partial charge < -0.3 is 5.73 Å². The van der Waals surface area contributed by atoms with Crippen LogP contribution in [0.15, 0.2) is 18.2 Å². The Bertz CT molecular complexity index is 425. The Labute approximate surface area is 119 Å². The van der Waals surface area contributed by atoms with E-state index in [4.69, 9.17) is 17.3 Å². The SMILES string of the molecule is CCCN1CCCCC(N)C1c1ccc(Cl)cc1F. The normalized spacial score (nSPS) is 25.3. The molecule has 0 aromatic heterocycles. The summed E-state index contributed by atoms with van der Waals surface area (Å²) >= 11 is 5.84. The summed E-state index contributed by atoms with van der Waals surface area (Å²) in [5, 5.41) is 0.436. The summed E-state index contributed by atoms with van der Waals surface area (Å²) in [4.78, 5) is 2.32. The van der Waals surface area contributed by atoms with Crippen molar-refractivity contribution in [2.45, 2.75) is 44.7 Å². The van der Waals surface area contributed by atoms with Gasteiger partial charge >= 0.3 is 0 Å². The fraction of sp³-hybridized carbons (Fsp3) is 0.600. The highest BCUT2D eigenvalue weighted by molar-refractivity contribution is 6.30. The van der Waals surface area contributed by atoms with Crippen LogP contribution in [0, 0.1) is 5.82 Å². The Morgan fingerprint density at radius 3 is 2.89 bits per heavy atom. The lowest BCUT2D eigenvalue weighted by molar-refractivity contribution is 0.182. The van der Waals surface area contributed by atoms with Crippen molar-refractivity contribution in [3.63, 3.8) is 0 Å². The predicted octanol–water partition coefficient (Wildman–Crippen LogP) is 3.74. The largest absolute Gasteiger partial charge is 0.326 e. The molecule has 1 saturated heterocycles. The molecule has 2 atom stereocenters. The second-order valence-corrected chi connectivity index (χ2v) is 5.74. The monoisotopic (exact) mass is 284 g/mol. The molecule has 1 aliphatic rings. The van der Waals surface area contributed by atoms with Gasteiger partial charge in [0.05, 0.1) is 6.04 Å². The van der Waals surface area contributed by atoms with E-state index < -0.39 is 0 Å². The smallest absolute Gasteiger partial charge is 0.129 e. The topological polar surface area (TPSA) is 29.3 Å². The summed E-state index contributed by atoms with van der Waals surface area (Å²) in [7, 11) is 0. The minimum atomic E-state index is -0.240. The van der Waals surface area contributed by atoms with Gasteiger partial charge in [-0.05, 0) is 44.5 Å². The molecule has 2 N–H and O–H groups in total. The zero-order valence-corrected chi connectivity index (χ0v) is 12.2. The maximum Gasteiger partial charge on any atom is 0.129 e. The van der Waals surface area contributed by atoms with Gasteiger partial charge in [-0.25, -0.2) is 4.39 Å². The first-order chi connectivity index (χ1) is 9.13. The van der Waals surface area contributed by atoms with E-state index in [1.54, 1.807) is 12.1 Å². The van der Waals surface area contributed by atoms with Crippen molar-refractivity contribution in [3.05, 3.63) is 34.6 Å². The molecule has 1 aliphatic heterocycles. The first-order valence-corrected chi connectivity index (χ1v) is 7.46. The Morgan fingerprint density at radius 2 is 2.21 bits per heavy atom. The van der Waals surface area contributed by atoms with Gasteiger partial charge in [0.15, 0.2) is 0 Å². The number of hydrogen-bond donors (Lipinski definition) is 1. The first kappa shape index (κ1) is 14.8. The molecule has 2 unspecified atom stereocenters. The van der Waals surface area contributed by atoms with E-state index in [2.05, 4.69) is 11.8 Å². The van der Waals surface area contributed by atoms with Crippen LogP contribution in [0.5, 0.6) is 0 Å². The van der Waals surface area contributed by atoms with E-state index in [1.807, 2.05) is 0 Å². The molecule has 2 nitrogen and oxygen atoms in total. The summed E-state index contributed by atoms with van der Waals surface area (Å²) in [6.45, 7) is 4.10. The maximum atomic E-state index is 14.2. The van der Waals surface area contributed by atoms with E-state index in [-0.39, 0.29) is 17.9 Å². The lowest BCUT2D eigenvalue weighted by Gasteiger charge is -2.33. The average Bonchev–Trinajstić information content (AvgIpc) is 2.53. The third-order valence-electron chi connectivity index (χ3n) is 3.82. The minimum absolute atomic E-state index is 0.00951.